The van der Waals surface area contributed by atoms with Gasteiger partial charge in [0.1, 0.15) is 10.6 Å². The van der Waals surface area contributed by atoms with Crippen LogP contribution in [0.15, 0.2) is 17.2 Å². The van der Waals surface area contributed by atoms with E-state index in [2.05, 4.69) is 5.32 Å². The summed E-state index contributed by atoms with van der Waals surface area (Å²) < 4.78 is 24.1. The number of hydrogen-bond donors (Lipinski definition) is 1. The van der Waals surface area contributed by atoms with E-state index in [4.69, 9.17) is 10.7 Å². The third kappa shape index (κ3) is 3.73. The fraction of sp³-hybridized carbons (Fsp3) is 0.583. The van der Waals surface area contributed by atoms with Crippen molar-refractivity contribution in [3.63, 3.8) is 0 Å². The van der Waals surface area contributed by atoms with Crippen LogP contribution in [0.5, 0.6) is 0 Å². The van der Waals surface area contributed by atoms with Gasteiger partial charge in [0.05, 0.1) is 0 Å². The van der Waals surface area contributed by atoms with Crippen molar-refractivity contribution in [3.8, 4) is 0 Å². The summed E-state index contributed by atoms with van der Waals surface area (Å²) in [5.74, 6) is 0.492. The van der Waals surface area contributed by atoms with Gasteiger partial charge in [-0.05, 0) is 25.3 Å². The second-order valence-corrected chi connectivity index (χ2v) is 7.34. The van der Waals surface area contributed by atoms with Gasteiger partial charge in [-0.15, -0.1) is 0 Å². The first-order valence-electron chi connectivity index (χ1n) is 6.35. The molecule has 7 heteroatoms. The number of aromatic nitrogens is 1. The average Bonchev–Trinajstić information content (AvgIpc) is 3.04. The summed E-state index contributed by atoms with van der Waals surface area (Å²) >= 11 is 0. The largest absolute Gasteiger partial charge is 0.351 e. The molecule has 0 radical (unpaired) electrons. The number of carbonyl (C=O) groups excluding carboxylic acids is 1. The van der Waals surface area contributed by atoms with Gasteiger partial charge >= 0.3 is 0 Å². The fourth-order valence-electron chi connectivity index (χ4n) is 1.96. The van der Waals surface area contributed by atoms with Crippen LogP contribution in [-0.4, -0.2) is 25.4 Å². The molecule has 1 saturated carbocycles. The number of carbonyl (C=O) groups is 1. The van der Waals surface area contributed by atoms with Gasteiger partial charge in [-0.25, -0.2) is 8.42 Å². The van der Waals surface area contributed by atoms with E-state index in [0.717, 1.165) is 12.3 Å². The number of rotatable bonds is 6. The molecule has 0 atom stereocenters. The summed E-state index contributed by atoms with van der Waals surface area (Å²) in [6, 6.07) is 1.32. The van der Waals surface area contributed by atoms with E-state index in [0.29, 0.717) is 18.8 Å². The van der Waals surface area contributed by atoms with Crippen molar-refractivity contribution in [2.24, 2.45) is 5.92 Å². The quantitative estimate of drug-likeness (QED) is 0.817. The van der Waals surface area contributed by atoms with Crippen LogP contribution in [-0.2, 0) is 15.6 Å². The average molecular weight is 305 g/mol. The predicted molar refractivity (Wildman–Crippen MR) is 72.8 cm³/mol. The van der Waals surface area contributed by atoms with Crippen molar-refractivity contribution in [3.05, 3.63) is 18.0 Å². The molecule has 1 N–H and O–H groups in total. The first kappa shape index (κ1) is 14.4. The number of amides is 1. The summed E-state index contributed by atoms with van der Waals surface area (Å²) in [6.45, 7) is 2.98. The zero-order valence-electron chi connectivity index (χ0n) is 10.7. The molecule has 2 rings (SSSR count). The maximum absolute atomic E-state index is 12.0. The second kappa shape index (κ2) is 5.54. The monoisotopic (exact) mass is 304 g/mol. The Hall–Kier alpha value is -1.01. The highest BCUT2D eigenvalue weighted by atomic mass is 35.7. The van der Waals surface area contributed by atoms with Crippen LogP contribution < -0.4 is 5.32 Å². The van der Waals surface area contributed by atoms with Gasteiger partial charge in [-0.2, -0.15) is 0 Å². The topological polar surface area (TPSA) is 68.2 Å². The minimum atomic E-state index is -3.80. The molecule has 5 nitrogen and oxygen atoms in total. The normalized spacial score (nSPS) is 15.5. The first-order valence-corrected chi connectivity index (χ1v) is 8.65. The van der Waals surface area contributed by atoms with Crippen LogP contribution in [0.4, 0.5) is 0 Å². The smallest absolute Gasteiger partial charge is 0.267 e. The van der Waals surface area contributed by atoms with Crippen LogP contribution in [0.3, 0.4) is 0 Å². The molecule has 0 saturated heterocycles. The van der Waals surface area contributed by atoms with E-state index in [1.54, 1.807) is 4.57 Å². The Balaban J connectivity index is 2.08. The molecule has 0 aliphatic heterocycles. The minimum absolute atomic E-state index is 0.0386. The summed E-state index contributed by atoms with van der Waals surface area (Å²) in [7, 11) is 1.49. The maximum Gasteiger partial charge on any atom is 0.267 e. The Labute approximate surface area is 117 Å². The van der Waals surface area contributed by atoms with Crippen molar-refractivity contribution in [1.82, 2.24) is 9.88 Å². The van der Waals surface area contributed by atoms with Crippen molar-refractivity contribution >= 4 is 25.6 Å². The van der Waals surface area contributed by atoms with Gasteiger partial charge in [0.25, 0.3) is 15.0 Å². The van der Waals surface area contributed by atoms with E-state index in [9.17, 15) is 13.2 Å². The predicted octanol–water partition coefficient (Wildman–Crippen LogP) is 1.97. The van der Waals surface area contributed by atoms with Crippen LogP contribution in [0.25, 0.3) is 0 Å². The third-order valence-electron chi connectivity index (χ3n) is 3.26. The lowest BCUT2D eigenvalue weighted by Gasteiger charge is -2.07. The highest BCUT2D eigenvalue weighted by Gasteiger charge is 2.22. The van der Waals surface area contributed by atoms with Gasteiger partial charge in [0.2, 0.25) is 0 Å². The number of nitrogens with one attached hydrogen (secondary N) is 1. The van der Waals surface area contributed by atoms with E-state index in [-0.39, 0.29) is 10.8 Å². The van der Waals surface area contributed by atoms with E-state index >= 15 is 0 Å². The SMILES string of the molecule is CCn1cc(S(=O)(=O)Cl)cc1C(=O)NCCC1CC1. The van der Waals surface area contributed by atoms with Gasteiger partial charge in [0.15, 0.2) is 0 Å². The maximum atomic E-state index is 12.0. The standard InChI is InChI=1S/C12H17ClN2O3S/c1-2-15-8-10(19(13,17)18)7-11(15)12(16)14-6-5-9-3-4-9/h7-9H,2-6H2,1H3,(H,14,16). The molecule has 106 valence electrons. The third-order valence-corrected chi connectivity index (χ3v) is 4.58. The summed E-state index contributed by atoms with van der Waals surface area (Å²) in [5.41, 5.74) is 0.331. The summed E-state index contributed by atoms with van der Waals surface area (Å²) in [6.07, 6.45) is 4.86. The molecule has 1 aliphatic carbocycles. The lowest BCUT2D eigenvalue weighted by Crippen LogP contribution is -2.26. The highest BCUT2D eigenvalue weighted by molar-refractivity contribution is 8.13. The summed E-state index contributed by atoms with van der Waals surface area (Å²) in [5, 5.41) is 2.81. The number of aryl methyl sites for hydroxylation is 1. The minimum Gasteiger partial charge on any atom is -0.351 e. The van der Waals surface area contributed by atoms with Crippen LogP contribution in [0.1, 0.15) is 36.7 Å². The second-order valence-electron chi connectivity index (χ2n) is 4.77. The lowest BCUT2D eigenvalue weighted by molar-refractivity contribution is 0.0943. The molecule has 0 spiro atoms. The van der Waals surface area contributed by atoms with Crippen LogP contribution in [0.2, 0.25) is 0 Å². The molecule has 0 unspecified atom stereocenters. The van der Waals surface area contributed by atoms with Gasteiger partial charge in [0, 0.05) is 30.0 Å². The van der Waals surface area contributed by atoms with Crippen molar-refractivity contribution in [2.45, 2.75) is 37.6 Å². The van der Waals surface area contributed by atoms with Gasteiger partial charge in [-0.3, -0.25) is 4.79 Å². The molecule has 1 aliphatic rings. The molecule has 19 heavy (non-hydrogen) atoms. The molecule has 1 fully saturated rings. The number of nitrogens with zero attached hydrogens (tertiary/aromatic N) is 1. The molecule has 0 aromatic carbocycles. The van der Waals surface area contributed by atoms with Crippen molar-refractivity contribution < 1.29 is 13.2 Å². The zero-order chi connectivity index (χ0) is 14.0. The Bertz CT molecular complexity index is 576. The van der Waals surface area contributed by atoms with Gasteiger partial charge < -0.3 is 9.88 Å². The number of hydrogen-bond acceptors (Lipinski definition) is 3. The Kier molecular flexibility index (Phi) is 4.20. The Morgan fingerprint density at radius 3 is 2.74 bits per heavy atom. The molecule has 1 amide bonds. The van der Waals surface area contributed by atoms with Crippen molar-refractivity contribution in [1.29, 1.82) is 0 Å². The van der Waals surface area contributed by atoms with Gasteiger partial charge in [-0.1, -0.05) is 12.8 Å². The van der Waals surface area contributed by atoms with Crippen LogP contribution in [0, 0.1) is 5.92 Å². The fourth-order valence-corrected chi connectivity index (χ4v) is 2.71. The number of halogens is 1. The molecular formula is C12H17ClN2O3S. The molecule has 0 bridgehead atoms. The zero-order valence-corrected chi connectivity index (χ0v) is 12.3. The Morgan fingerprint density at radius 1 is 1.53 bits per heavy atom. The molecular weight excluding hydrogens is 288 g/mol. The molecule has 1 aromatic rings. The van der Waals surface area contributed by atoms with Crippen molar-refractivity contribution in [2.75, 3.05) is 6.54 Å². The highest BCUT2D eigenvalue weighted by Crippen LogP contribution is 2.31. The first-order chi connectivity index (χ1) is 8.91. The Morgan fingerprint density at radius 2 is 2.21 bits per heavy atom. The molecule has 1 aromatic heterocycles. The van der Waals surface area contributed by atoms with E-state index in [1.807, 2.05) is 6.92 Å². The lowest BCUT2D eigenvalue weighted by atomic mass is 10.3. The molecule has 1 heterocycles. The van der Waals surface area contributed by atoms with Crippen LogP contribution >= 0.6 is 10.7 Å². The van der Waals surface area contributed by atoms with E-state index < -0.39 is 9.05 Å². The summed E-state index contributed by atoms with van der Waals surface area (Å²) in [4.78, 5) is 12.0. The van der Waals surface area contributed by atoms with E-state index in [1.165, 1.54) is 25.1 Å².